The Morgan fingerprint density at radius 1 is 1.47 bits per heavy atom. The minimum Gasteiger partial charge on any atom is -0.444 e. The second-order valence-corrected chi connectivity index (χ2v) is 5.62. The van der Waals surface area contributed by atoms with Gasteiger partial charge in [0, 0.05) is 20.7 Å². The van der Waals surface area contributed by atoms with Gasteiger partial charge in [-0.05, 0) is 33.7 Å². The first kappa shape index (κ1) is 14.3. The van der Waals surface area contributed by atoms with Crippen LogP contribution in [0.5, 0.6) is 0 Å². The predicted octanol–water partition coefficient (Wildman–Crippen LogP) is 1.23. The number of ether oxygens (including phenoxy) is 2. The molecule has 0 aromatic heterocycles. The van der Waals surface area contributed by atoms with Crippen LogP contribution in [0.4, 0.5) is 4.79 Å². The summed E-state index contributed by atoms with van der Waals surface area (Å²) in [6.07, 6.45) is 0.592. The van der Waals surface area contributed by atoms with Crippen LogP contribution < -0.4 is 5.32 Å². The van der Waals surface area contributed by atoms with Gasteiger partial charge in [-0.3, -0.25) is 0 Å². The molecule has 5 heteroatoms. The van der Waals surface area contributed by atoms with E-state index in [0.29, 0.717) is 6.61 Å². The largest absolute Gasteiger partial charge is 0.444 e. The monoisotopic (exact) mass is 244 g/mol. The van der Waals surface area contributed by atoms with Gasteiger partial charge in [0.05, 0.1) is 12.1 Å². The van der Waals surface area contributed by atoms with E-state index in [1.54, 1.807) is 19.1 Å². The van der Waals surface area contributed by atoms with Gasteiger partial charge in [-0.15, -0.1) is 0 Å². The van der Waals surface area contributed by atoms with Crippen molar-refractivity contribution < 1.29 is 14.3 Å². The molecule has 0 aromatic rings. The average molecular weight is 244 g/mol. The second kappa shape index (κ2) is 5.23. The van der Waals surface area contributed by atoms with Crippen molar-refractivity contribution in [2.24, 2.45) is 0 Å². The van der Waals surface area contributed by atoms with Gasteiger partial charge in [-0.1, -0.05) is 0 Å². The molecule has 1 fully saturated rings. The lowest BCUT2D eigenvalue weighted by Crippen LogP contribution is -2.55. The molecule has 1 N–H and O–H groups in total. The number of nitrogens with zero attached hydrogens (tertiary/aromatic N) is 1. The third-order valence-electron chi connectivity index (χ3n) is 3.01. The standard InChI is InChI=1S/C12H24N2O3/c1-11(2,3)17-10(15)14(4)12(9-16-5)6-7-13-8-12/h13H,6-9H2,1-5H3. The van der Waals surface area contributed by atoms with E-state index in [1.165, 1.54) is 0 Å². The van der Waals surface area contributed by atoms with Gasteiger partial charge < -0.3 is 19.7 Å². The molecule has 0 aliphatic carbocycles. The molecule has 100 valence electrons. The van der Waals surface area contributed by atoms with Gasteiger partial charge in [0.25, 0.3) is 0 Å². The molecule has 5 nitrogen and oxygen atoms in total. The fourth-order valence-corrected chi connectivity index (χ4v) is 2.03. The first-order chi connectivity index (χ1) is 7.81. The van der Waals surface area contributed by atoms with Crippen LogP contribution in [-0.2, 0) is 9.47 Å². The van der Waals surface area contributed by atoms with Gasteiger partial charge in [0.2, 0.25) is 0 Å². The molecule has 0 radical (unpaired) electrons. The summed E-state index contributed by atoms with van der Waals surface area (Å²) in [7, 11) is 3.43. The van der Waals surface area contributed by atoms with E-state index in [2.05, 4.69) is 5.32 Å². The van der Waals surface area contributed by atoms with Crippen LogP contribution in [0, 0.1) is 0 Å². The highest BCUT2D eigenvalue weighted by Crippen LogP contribution is 2.24. The lowest BCUT2D eigenvalue weighted by atomic mass is 9.98. The van der Waals surface area contributed by atoms with E-state index in [-0.39, 0.29) is 11.6 Å². The zero-order valence-electron chi connectivity index (χ0n) is 11.5. The lowest BCUT2D eigenvalue weighted by Gasteiger charge is -2.38. The summed E-state index contributed by atoms with van der Waals surface area (Å²) >= 11 is 0. The Bertz CT molecular complexity index is 267. The molecule has 0 spiro atoms. The molecule has 1 saturated heterocycles. The van der Waals surface area contributed by atoms with E-state index in [0.717, 1.165) is 19.5 Å². The summed E-state index contributed by atoms with van der Waals surface area (Å²) in [5.41, 5.74) is -0.747. The van der Waals surface area contributed by atoms with Crippen molar-refractivity contribution in [1.82, 2.24) is 10.2 Å². The van der Waals surface area contributed by atoms with Gasteiger partial charge >= 0.3 is 6.09 Å². The van der Waals surface area contributed by atoms with Crippen molar-refractivity contribution >= 4 is 6.09 Å². The number of hydrogen-bond donors (Lipinski definition) is 1. The zero-order chi connectivity index (χ0) is 13.1. The molecule has 1 unspecified atom stereocenters. The van der Waals surface area contributed by atoms with Gasteiger partial charge in [-0.2, -0.15) is 0 Å². The smallest absolute Gasteiger partial charge is 0.410 e. The molecule has 0 bridgehead atoms. The maximum Gasteiger partial charge on any atom is 0.410 e. The van der Waals surface area contributed by atoms with Crippen molar-refractivity contribution in [3.8, 4) is 0 Å². The molecule has 1 rings (SSSR count). The highest BCUT2D eigenvalue weighted by atomic mass is 16.6. The number of methoxy groups -OCH3 is 1. The summed E-state index contributed by atoms with van der Waals surface area (Å²) in [6.45, 7) is 7.78. The minimum absolute atomic E-state index is 0.281. The molecule has 1 heterocycles. The topological polar surface area (TPSA) is 50.8 Å². The zero-order valence-corrected chi connectivity index (χ0v) is 11.5. The first-order valence-electron chi connectivity index (χ1n) is 5.97. The molecule has 1 aliphatic heterocycles. The Hall–Kier alpha value is -0.810. The highest BCUT2D eigenvalue weighted by Gasteiger charge is 2.41. The van der Waals surface area contributed by atoms with Crippen LogP contribution in [-0.4, -0.2) is 56.0 Å². The van der Waals surface area contributed by atoms with Crippen molar-refractivity contribution in [3.63, 3.8) is 0 Å². The van der Waals surface area contributed by atoms with E-state index in [1.807, 2.05) is 20.8 Å². The van der Waals surface area contributed by atoms with E-state index in [9.17, 15) is 4.79 Å². The third kappa shape index (κ3) is 3.57. The summed E-state index contributed by atoms with van der Waals surface area (Å²) < 4.78 is 10.6. The number of likely N-dealkylation sites (N-methyl/N-ethyl adjacent to an activating group) is 1. The molecule has 1 atom stereocenters. The number of carbonyl (C=O) groups is 1. The van der Waals surface area contributed by atoms with Crippen molar-refractivity contribution in [2.75, 3.05) is 33.9 Å². The number of carbonyl (C=O) groups excluding carboxylic acids is 1. The predicted molar refractivity (Wildman–Crippen MR) is 66.1 cm³/mol. The van der Waals surface area contributed by atoms with E-state index in [4.69, 9.17) is 9.47 Å². The summed E-state index contributed by atoms with van der Waals surface area (Å²) in [5.74, 6) is 0. The summed E-state index contributed by atoms with van der Waals surface area (Å²) in [6, 6.07) is 0. The fraction of sp³-hybridized carbons (Fsp3) is 0.917. The molecule has 1 amide bonds. The molecular weight excluding hydrogens is 220 g/mol. The molecule has 17 heavy (non-hydrogen) atoms. The Morgan fingerprint density at radius 3 is 2.53 bits per heavy atom. The van der Waals surface area contributed by atoms with E-state index < -0.39 is 5.60 Å². The number of hydrogen-bond acceptors (Lipinski definition) is 4. The van der Waals surface area contributed by atoms with Crippen LogP contribution in [0.2, 0.25) is 0 Å². The number of amides is 1. The Balaban J connectivity index is 2.71. The Morgan fingerprint density at radius 2 is 2.12 bits per heavy atom. The Labute approximate surface area is 103 Å². The van der Waals surface area contributed by atoms with Gasteiger partial charge in [0.1, 0.15) is 5.60 Å². The Kier molecular flexibility index (Phi) is 4.38. The first-order valence-corrected chi connectivity index (χ1v) is 5.97. The molecule has 0 saturated carbocycles. The van der Waals surface area contributed by atoms with Crippen molar-refractivity contribution in [3.05, 3.63) is 0 Å². The number of rotatable bonds is 3. The molecular formula is C12H24N2O3. The normalized spacial score (nSPS) is 24.8. The van der Waals surface area contributed by atoms with Crippen molar-refractivity contribution in [1.29, 1.82) is 0 Å². The number of nitrogens with one attached hydrogen (secondary N) is 1. The third-order valence-corrected chi connectivity index (χ3v) is 3.01. The second-order valence-electron chi connectivity index (χ2n) is 5.62. The van der Waals surface area contributed by atoms with Gasteiger partial charge in [0.15, 0.2) is 0 Å². The summed E-state index contributed by atoms with van der Waals surface area (Å²) in [5, 5.41) is 3.27. The SMILES string of the molecule is COCC1(N(C)C(=O)OC(C)(C)C)CCNC1. The fourth-order valence-electron chi connectivity index (χ4n) is 2.03. The highest BCUT2D eigenvalue weighted by molar-refractivity contribution is 5.69. The quantitative estimate of drug-likeness (QED) is 0.811. The van der Waals surface area contributed by atoms with Crippen LogP contribution in [0.3, 0.4) is 0 Å². The van der Waals surface area contributed by atoms with Crippen LogP contribution >= 0.6 is 0 Å². The summed E-state index contributed by atoms with van der Waals surface area (Å²) in [4.78, 5) is 13.7. The van der Waals surface area contributed by atoms with Crippen LogP contribution in [0.25, 0.3) is 0 Å². The average Bonchev–Trinajstić information content (AvgIpc) is 2.64. The molecule has 0 aromatic carbocycles. The van der Waals surface area contributed by atoms with Crippen LogP contribution in [0.1, 0.15) is 27.2 Å². The maximum atomic E-state index is 12.0. The van der Waals surface area contributed by atoms with Crippen LogP contribution in [0.15, 0.2) is 0 Å². The lowest BCUT2D eigenvalue weighted by molar-refractivity contribution is -0.0104. The van der Waals surface area contributed by atoms with E-state index >= 15 is 0 Å². The van der Waals surface area contributed by atoms with Gasteiger partial charge in [-0.25, -0.2) is 4.79 Å². The maximum absolute atomic E-state index is 12.0. The molecule has 1 aliphatic rings. The minimum atomic E-state index is -0.467. The van der Waals surface area contributed by atoms with Crippen molar-refractivity contribution in [2.45, 2.75) is 38.3 Å².